The van der Waals surface area contributed by atoms with E-state index >= 15 is 0 Å². The number of aromatic nitrogens is 1. The van der Waals surface area contributed by atoms with Crippen molar-refractivity contribution in [3.8, 4) is 5.75 Å². The van der Waals surface area contributed by atoms with Crippen LogP contribution in [0, 0.1) is 5.92 Å². The van der Waals surface area contributed by atoms with Crippen LogP contribution in [-0.2, 0) is 27.2 Å². The first kappa shape index (κ1) is 24.5. The summed E-state index contributed by atoms with van der Waals surface area (Å²) < 4.78 is 10.9. The van der Waals surface area contributed by atoms with Gasteiger partial charge in [0, 0.05) is 69.3 Å². The van der Waals surface area contributed by atoms with Crippen LogP contribution >= 0.6 is 0 Å². The van der Waals surface area contributed by atoms with Crippen LogP contribution in [0.4, 0.5) is 5.69 Å². The molecule has 1 N–H and O–H groups in total. The smallest absolute Gasteiger partial charge is 0.236 e. The van der Waals surface area contributed by atoms with Gasteiger partial charge in [0.2, 0.25) is 11.8 Å². The molecule has 2 atom stereocenters. The fourth-order valence-corrected chi connectivity index (χ4v) is 5.50. The molecule has 36 heavy (non-hydrogen) atoms. The number of ether oxygens (including phenoxy) is 2. The predicted molar refractivity (Wildman–Crippen MR) is 136 cm³/mol. The molecule has 2 saturated heterocycles. The first-order chi connectivity index (χ1) is 17.6. The molecule has 4 heterocycles. The molecule has 1 aromatic heterocycles. The predicted octanol–water partition coefficient (Wildman–Crippen LogP) is 0.971. The summed E-state index contributed by atoms with van der Waals surface area (Å²) in [6, 6.07) is 11.9. The number of piperazine rings is 1. The third kappa shape index (κ3) is 5.47. The third-order valence-electron chi connectivity index (χ3n) is 7.47. The van der Waals surface area contributed by atoms with Crippen LogP contribution in [0.5, 0.6) is 5.75 Å². The molecular weight excluding hydrogens is 458 g/mol. The Balaban J connectivity index is 1.29. The van der Waals surface area contributed by atoms with E-state index in [1.54, 1.807) is 13.3 Å². The molecule has 1 aromatic carbocycles. The Bertz CT molecular complexity index is 1060. The van der Waals surface area contributed by atoms with Gasteiger partial charge in [-0.05, 0) is 30.2 Å². The molecule has 0 bridgehead atoms. The van der Waals surface area contributed by atoms with E-state index in [2.05, 4.69) is 32.2 Å². The van der Waals surface area contributed by atoms with Crippen molar-refractivity contribution in [1.29, 1.82) is 0 Å². The van der Waals surface area contributed by atoms with Crippen molar-refractivity contribution < 1.29 is 19.1 Å². The molecule has 9 nitrogen and oxygen atoms in total. The van der Waals surface area contributed by atoms with Crippen molar-refractivity contribution in [3.05, 3.63) is 53.9 Å². The zero-order valence-corrected chi connectivity index (χ0v) is 20.9. The summed E-state index contributed by atoms with van der Waals surface area (Å²) in [5.41, 5.74) is 3.26. The van der Waals surface area contributed by atoms with Crippen molar-refractivity contribution in [2.45, 2.75) is 18.9 Å². The number of hydrogen-bond donors (Lipinski definition) is 1. The third-order valence-corrected chi connectivity index (χ3v) is 7.47. The van der Waals surface area contributed by atoms with Gasteiger partial charge in [-0.25, -0.2) is 0 Å². The van der Waals surface area contributed by atoms with Crippen LogP contribution in [0.1, 0.15) is 11.3 Å². The van der Waals surface area contributed by atoms with E-state index in [1.807, 2.05) is 29.2 Å². The molecule has 3 aliphatic heterocycles. The second-order valence-electron chi connectivity index (χ2n) is 9.66. The van der Waals surface area contributed by atoms with Gasteiger partial charge < -0.3 is 24.6 Å². The van der Waals surface area contributed by atoms with Crippen molar-refractivity contribution in [3.63, 3.8) is 0 Å². The number of amides is 2. The molecule has 5 rings (SSSR count). The van der Waals surface area contributed by atoms with Gasteiger partial charge in [0.1, 0.15) is 5.75 Å². The van der Waals surface area contributed by atoms with Crippen LogP contribution < -0.4 is 15.0 Å². The Morgan fingerprint density at radius 3 is 2.78 bits per heavy atom. The van der Waals surface area contributed by atoms with E-state index in [4.69, 9.17) is 9.47 Å². The highest BCUT2D eigenvalue weighted by Gasteiger charge is 2.42. The van der Waals surface area contributed by atoms with Crippen molar-refractivity contribution in [2.24, 2.45) is 5.92 Å². The number of benzene rings is 1. The number of nitrogens with zero attached hydrogens (tertiary/aromatic N) is 4. The lowest BCUT2D eigenvalue weighted by atomic mass is 9.83. The molecule has 0 saturated carbocycles. The highest BCUT2D eigenvalue weighted by atomic mass is 16.5. The summed E-state index contributed by atoms with van der Waals surface area (Å²) in [6.07, 6.45) is 3.14. The largest absolute Gasteiger partial charge is 0.497 e. The average molecular weight is 494 g/mol. The molecule has 0 aliphatic carbocycles. The molecule has 2 amide bonds. The van der Waals surface area contributed by atoms with Gasteiger partial charge in [-0.1, -0.05) is 12.1 Å². The van der Waals surface area contributed by atoms with E-state index in [1.165, 1.54) is 0 Å². The number of anilines is 1. The summed E-state index contributed by atoms with van der Waals surface area (Å²) >= 11 is 0. The van der Waals surface area contributed by atoms with Gasteiger partial charge >= 0.3 is 0 Å². The normalized spacial score (nSPS) is 21.9. The molecule has 0 radical (unpaired) electrons. The summed E-state index contributed by atoms with van der Waals surface area (Å²) in [4.78, 5) is 37.2. The Morgan fingerprint density at radius 2 is 2.00 bits per heavy atom. The van der Waals surface area contributed by atoms with Crippen LogP contribution in [0.3, 0.4) is 0 Å². The highest BCUT2D eigenvalue weighted by Crippen LogP contribution is 2.38. The Hall–Kier alpha value is -3.17. The molecule has 2 fully saturated rings. The van der Waals surface area contributed by atoms with Crippen LogP contribution in [0.2, 0.25) is 0 Å². The van der Waals surface area contributed by atoms with E-state index in [-0.39, 0.29) is 23.8 Å². The standard InChI is InChI=1S/C27H35N5O4/c1-35-22-6-5-20-16-23(27(34)29-9-7-21-4-2-3-8-28-21)25-18-30(10-11-32(25)24(20)17-22)19-26(33)31-12-14-36-15-13-31/h2-6,8,17,23,25H,7,9-16,18-19H2,1H3,(H,29,34). The first-order valence-corrected chi connectivity index (χ1v) is 12.8. The Kier molecular flexibility index (Phi) is 7.67. The SMILES string of the molecule is COc1ccc2c(c1)N1CCN(CC(=O)N3CCOCC3)CC1C(C(=O)NCCc1ccccn1)C2. The Morgan fingerprint density at radius 1 is 1.14 bits per heavy atom. The lowest BCUT2D eigenvalue weighted by Gasteiger charge is -2.49. The number of hydrogen-bond acceptors (Lipinski definition) is 7. The molecule has 2 unspecified atom stereocenters. The monoisotopic (exact) mass is 493 g/mol. The number of rotatable bonds is 7. The maximum Gasteiger partial charge on any atom is 0.236 e. The minimum Gasteiger partial charge on any atom is -0.497 e. The second kappa shape index (κ2) is 11.3. The van der Waals surface area contributed by atoms with Gasteiger partial charge in [-0.15, -0.1) is 0 Å². The highest BCUT2D eigenvalue weighted by molar-refractivity contribution is 5.82. The fourth-order valence-electron chi connectivity index (χ4n) is 5.50. The fraction of sp³-hybridized carbons (Fsp3) is 0.519. The van der Waals surface area contributed by atoms with Crippen LogP contribution in [0.15, 0.2) is 42.6 Å². The van der Waals surface area contributed by atoms with E-state index in [9.17, 15) is 9.59 Å². The van der Waals surface area contributed by atoms with Gasteiger partial charge in [0.15, 0.2) is 0 Å². The second-order valence-corrected chi connectivity index (χ2v) is 9.66. The van der Waals surface area contributed by atoms with Crippen molar-refractivity contribution >= 4 is 17.5 Å². The van der Waals surface area contributed by atoms with E-state index in [0.29, 0.717) is 58.8 Å². The topological polar surface area (TPSA) is 87.2 Å². The molecule has 3 aliphatic rings. The number of methoxy groups -OCH3 is 1. The Labute approximate surface area is 212 Å². The van der Waals surface area contributed by atoms with Gasteiger partial charge in [0.25, 0.3) is 0 Å². The number of carbonyl (C=O) groups is 2. The number of nitrogens with one attached hydrogen (secondary N) is 1. The number of carbonyl (C=O) groups excluding carboxylic acids is 2. The quantitative estimate of drug-likeness (QED) is 0.615. The minimum atomic E-state index is -0.198. The lowest BCUT2D eigenvalue weighted by molar-refractivity contribution is -0.136. The summed E-state index contributed by atoms with van der Waals surface area (Å²) in [6.45, 7) is 5.63. The summed E-state index contributed by atoms with van der Waals surface area (Å²) in [5.74, 6) is 0.816. The maximum atomic E-state index is 13.5. The number of morpholine rings is 1. The van der Waals surface area contributed by atoms with E-state index in [0.717, 1.165) is 35.8 Å². The molecule has 9 heteroatoms. The summed E-state index contributed by atoms with van der Waals surface area (Å²) in [7, 11) is 1.68. The van der Waals surface area contributed by atoms with Crippen LogP contribution in [0.25, 0.3) is 0 Å². The van der Waals surface area contributed by atoms with Gasteiger partial charge in [0.05, 0.1) is 38.8 Å². The molecule has 192 valence electrons. The zero-order chi connectivity index (χ0) is 24.9. The first-order valence-electron chi connectivity index (χ1n) is 12.8. The van der Waals surface area contributed by atoms with Gasteiger partial charge in [-0.3, -0.25) is 19.5 Å². The summed E-state index contributed by atoms with van der Waals surface area (Å²) in [5, 5.41) is 3.16. The maximum absolute atomic E-state index is 13.5. The zero-order valence-electron chi connectivity index (χ0n) is 20.9. The average Bonchev–Trinajstić information content (AvgIpc) is 2.93. The van der Waals surface area contributed by atoms with Crippen LogP contribution in [-0.4, -0.2) is 98.8 Å². The van der Waals surface area contributed by atoms with Crippen molar-refractivity contribution in [1.82, 2.24) is 20.1 Å². The molecule has 0 spiro atoms. The van der Waals surface area contributed by atoms with Crippen molar-refractivity contribution in [2.75, 3.05) is 71.0 Å². The molecular formula is C27H35N5O4. The number of pyridine rings is 1. The molecule has 2 aromatic rings. The lowest BCUT2D eigenvalue weighted by Crippen LogP contribution is -2.62. The van der Waals surface area contributed by atoms with Gasteiger partial charge in [-0.2, -0.15) is 0 Å². The van der Waals surface area contributed by atoms with E-state index < -0.39 is 0 Å². The number of fused-ring (bicyclic) bond motifs is 3. The minimum absolute atomic E-state index is 0.00862.